The number of esters is 1. The first-order valence-corrected chi connectivity index (χ1v) is 7.73. The van der Waals surface area contributed by atoms with Crippen molar-refractivity contribution in [3.05, 3.63) is 0 Å². The van der Waals surface area contributed by atoms with Gasteiger partial charge in [0.25, 0.3) is 0 Å². The van der Waals surface area contributed by atoms with Gasteiger partial charge in [-0.2, -0.15) is 0 Å². The van der Waals surface area contributed by atoms with E-state index in [9.17, 15) is 13.6 Å². The molecule has 0 rings (SSSR count). The molecule has 0 saturated carbocycles. The van der Waals surface area contributed by atoms with Gasteiger partial charge in [-0.1, -0.05) is 20.3 Å². The first-order valence-electron chi connectivity index (χ1n) is 6.68. The van der Waals surface area contributed by atoms with E-state index in [-0.39, 0.29) is 17.6 Å². The minimum atomic E-state index is -2.21. The molecule has 1 atom stereocenters. The van der Waals surface area contributed by atoms with E-state index < -0.39 is 6.43 Å². The van der Waals surface area contributed by atoms with E-state index in [1.165, 1.54) is 11.8 Å². The van der Waals surface area contributed by atoms with Crippen LogP contribution in [-0.2, 0) is 9.53 Å². The quantitative estimate of drug-likeness (QED) is 0.418. The van der Waals surface area contributed by atoms with Crippen LogP contribution < -0.4 is 0 Å². The van der Waals surface area contributed by atoms with Crippen LogP contribution >= 0.6 is 11.8 Å². The maximum absolute atomic E-state index is 11.9. The summed E-state index contributed by atoms with van der Waals surface area (Å²) in [6.45, 7) is 4.45. The summed E-state index contributed by atoms with van der Waals surface area (Å²) in [7, 11) is 0. The summed E-state index contributed by atoms with van der Waals surface area (Å²) in [5.41, 5.74) is 0. The average molecular weight is 282 g/mol. The number of carbonyl (C=O) groups excluding carboxylic acids is 1. The third kappa shape index (κ3) is 9.68. The SMILES string of the molecule is CCCOC(=O)C(CCC)SCCCCC(F)F. The van der Waals surface area contributed by atoms with Gasteiger partial charge in [0.05, 0.1) is 6.61 Å². The molecule has 0 fully saturated rings. The summed E-state index contributed by atoms with van der Waals surface area (Å²) in [5.74, 6) is 0.594. The Morgan fingerprint density at radius 3 is 2.44 bits per heavy atom. The minimum absolute atomic E-state index is 0.0424. The molecule has 0 amide bonds. The largest absolute Gasteiger partial charge is 0.465 e. The summed E-state index contributed by atoms with van der Waals surface area (Å²) >= 11 is 1.54. The molecule has 0 saturated heterocycles. The highest BCUT2D eigenvalue weighted by atomic mass is 32.2. The number of alkyl halides is 2. The highest BCUT2D eigenvalue weighted by Crippen LogP contribution is 2.20. The van der Waals surface area contributed by atoms with Gasteiger partial charge >= 0.3 is 5.97 Å². The van der Waals surface area contributed by atoms with Crippen LogP contribution in [0.5, 0.6) is 0 Å². The number of halogens is 2. The summed E-state index contributed by atoms with van der Waals surface area (Å²) < 4.78 is 29.0. The summed E-state index contributed by atoms with van der Waals surface area (Å²) in [4.78, 5) is 11.7. The van der Waals surface area contributed by atoms with Crippen molar-refractivity contribution < 1.29 is 18.3 Å². The maximum Gasteiger partial charge on any atom is 0.319 e. The molecule has 0 bridgehead atoms. The van der Waals surface area contributed by atoms with Crippen molar-refractivity contribution in [3.8, 4) is 0 Å². The number of thioether (sulfide) groups is 1. The molecule has 1 unspecified atom stereocenters. The Morgan fingerprint density at radius 1 is 1.17 bits per heavy atom. The first kappa shape index (κ1) is 17.7. The van der Waals surface area contributed by atoms with Gasteiger partial charge in [0.2, 0.25) is 6.43 Å². The van der Waals surface area contributed by atoms with Crippen LogP contribution in [0.2, 0.25) is 0 Å². The molecular formula is C13H24F2O2S. The molecule has 0 N–H and O–H groups in total. The molecule has 0 radical (unpaired) electrons. The molecule has 5 heteroatoms. The zero-order valence-electron chi connectivity index (χ0n) is 11.3. The van der Waals surface area contributed by atoms with Crippen LogP contribution in [0.15, 0.2) is 0 Å². The fraction of sp³-hybridized carbons (Fsp3) is 0.923. The normalized spacial score (nSPS) is 12.7. The van der Waals surface area contributed by atoms with Crippen LogP contribution in [-0.4, -0.2) is 30.0 Å². The molecule has 0 aromatic rings. The fourth-order valence-corrected chi connectivity index (χ4v) is 2.72. The van der Waals surface area contributed by atoms with E-state index in [2.05, 4.69) is 0 Å². The molecule has 0 aliphatic rings. The van der Waals surface area contributed by atoms with E-state index in [4.69, 9.17) is 4.74 Å². The van der Waals surface area contributed by atoms with Crippen molar-refractivity contribution in [2.24, 2.45) is 0 Å². The van der Waals surface area contributed by atoms with Gasteiger partial charge in [-0.25, -0.2) is 8.78 Å². The molecular weight excluding hydrogens is 258 g/mol. The van der Waals surface area contributed by atoms with E-state index >= 15 is 0 Å². The van der Waals surface area contributed by atoms with Gasteiger partial charge in [0.1, 0.15) is 5.25 Å². The Balaban J connectivity index is 3.78. The van der Waals surface area contributed by atoms with Crippen molar-refractivity contribution >= 4 is 17.7 Å². The monoisotopic (exact) mass is 282 g/mol. The predicted octanol–water partition coefficient (Wildman–Crippen LogP) is 4.28. The van der Waals surface area contributed by atoms with Crippen molar-refractivity contribution in [2.45, 2.75) is 64.0 Å². The van der Waals surface area contributed by atoms with E-state index in [0.717, 1.165) is 31.4 Å². The topological polar surface area (TPSA) is 26.3 Å². The first-order chi connectivity index (χ1) is 8.61. The molecule has 0 aromatic carbocycles. The van der Waals surface area contributed by atoms with Crippen molar-refractivity contribution in [3.63, 3.8) is 0 Å². The molecule has 2 nitrogen and oxygen atoms in total. The minimum Gasteiger partial charge on any atom is -0.465 e. The molecule has 0 aliphatic heterocycles. The van der Waals surface area contributed by atoms with Gasteiger partial charge in [-0.3, -0.25) is 4.79 Å². The molecule has 0 aromatic heterocycles. The number of carbonyl (C=O) groups is 1. The third-order valence-corrected chi connectivity index (χ3v) is 3.75. The number of ether oxygens (including phenoxy) is 1. The fourth-order valence-electron chi connectivity index (χ4n) is 1.45. The molecule has 0 heterocycles. The van der Waals surface area contributed by atoms with Crippen molar-refractivity contribution in [1.29, 1.82) is 0 Å². The number of hydrogen-bond donors (Lipinski definition) is 0. The zero-order valence-corrected chi connectivity index (χ0v) is 12.1. The van der Waals surface area contributed by atoms with Crippen molar-refractivity contribution in [1.82, 2.24) is 0 Å². The van der Waals surface area contributed by atoms with Gasteiger partial charge in [-0.15, -0.1) is 11.8 Å². The van der Waals surface area contributed by atoms with Crippen LogP contribution in [0.4, 0.5) is 8.78 Å². The van der Waals surface area contributed by atoms with E-state index in [1.54, 1.807) is 0 Å². The second-order valence-electron chi connectivity index (χ2n) is 4.20. The average Bonchev–Trinajstić information content (AvgIpc) is 2.33. The van der Waals surface area contributed by atoms with Gasteiger partial charge in [-0.05, 0) is 31.4 Å². The van der Waals surface area contributed by atoms with Gasteiger partial charge < -0.3 is 4.74 Å². The summed E-state index contributed by atoms with van der Waals surface area (Å²) in [5, 5.41) is -0.131. The van der Waals surface area contributed by atoms with Crippen LogP contribution in [0.3, 0.4) is 0 Å². The Hall–Kier alpha value is -0.320. The Bertz CT molecular complexity index is 213. The molecule has 18 heavy (non-hydrogen) atoms. The Labute approximate surface area is 113 Å². The third-order valence-electron chi connectivity index (χ3n) is 2.40. The highest BCUT2D eigenvalue weighted by molar-refractivity contribution is 8.00. The standard InChI is InChI=1S/C13H24F2O2S/c1-3-7-11(13(16)17-9-4-2)18-10-6-5-8-12(14)15/h11-12H,3-10H2,1-2H3. The lowest BCUT2D eigenvalue weighted by Crippen LogP contribution is -2.21. The van der Waals surface area contributed by atoms with Gasteiger partial charge in [0.15, 0.2) is 0 Å². The number of unbranched alkanes of at least 4 members (excludes halogenated alkanes) is 1. The van der Waals surface area contributed by atoms with Crippen LogP contribution in [0, 0.1) is 0 Å². The van der Waals surface area contributed by atoms with Crippen molar-refractivity contribution in [2.75, 3.05) is 12.4 Å². The highest BCUT2D eigenvalue weighted by Gasteiger charge is 2.19. The molecule has 0 spiro atoms. The zero-order chi connectivity index (χ0) is 13.8. The second kappa shape index (κ2) is 11.8. The lowest BCUT2D eigenvalue weighted by molar-refractivity contribution is -0.143. The maximum atomic E-state index is 11.9. The predicted molar refractivity (Wildman–Crippen MR) is 72.3 cm³/mol. The summed E-state index contributed by atoms with van der Waals surface area (Å²) in [6.07, 6.45) is 1.54. The van der Waals surface area contributed by atoms with E-state index in [1.807, 2.05) is 13.8 Å². The van der Waals surface area contributed by atoms with Crippen LogP contribution in [0.25, 0.3) is 0 Å². The molecule has 108 valence electrons. The van der Waals surface area contributed by atoms with E-state index in [0.29, 0.717) is 13.0 Å². The Morgan fingerprint density at radius 2 is 1.89 bits per heavy atom. The Kier molecular flexibility index (Phi) is 11.5. The second-order valence-corrected chi connectivity index (χ2v) is 5.51. The smallest absolute Gasteiger partial charge is 0.319 e. The van der Waals surface area contributed by atoms with Gasteiger partial charge in [0, 0.05) is 6.42 Å². The molecule has 0 aliphatic carbocycles. The number of hydrogen-bond acceptors (Lipinski definition) is 3. The number of rotatable bonds is 11. The lowest BCUT2D eigenvalue weighted by Gasteiger charge is -2.14. The summed E-state index contributed by atoms with van der Waals surface area (Å²) in [6, 6.07) is 0. The lowest BCUT2D eigenvalue weighted by atomic mass is 10.2. The van der Waals surface area contributed by atoms with Crippen LogP contribution in [0.1, 0.15) is 52.4 Å².